The number of rotatable bonds is 4. The second-order valence-electron chi connectivity index (χ2n) is 5.13. The molecule has 1 aliphatic carbocycles. The Kier molecular flexibility index (Phi) is 4.35. The summed E-state index contributed by atoms with van der Waals surface area (Å²) in [5.41, 5.74) is 1.83. The average molecular weight is 260 g/mol. The van der Waals surface area contributed by atoms with Crippen LogP contribution in [0.5, 0.6) is 0 Å². The van der Waals surface area contributed by atoms with Gasteiger partial charge >= 0.3 is 5.97 Å². The number of ether oxygens (including phenoxy) is 1. The van der Waals surface area contributed by atoms with Crippen molar-refractivity contribution in [2.45, 2.75) is 33.1 Å². The summed E-state index contributed by atoms with van der Waals surface area (Å²) in [5.74, 6) is -0.600. The molecule has 3 heteroatoms. The largest absolute Gasteiger partial charge is 0.466 e. The van der Waals surface area contributed by atoms with Crippen LogP contribution in [0, 0.1) is 18.8 Å². The van der Waals surface area contributed by atoms with Crippen molar-refractivity contribution < 1.29 is 14.3 Å². The fourth-order valence-corrected chi connectivity index (χ4v) is 2.74. The fraction of sp³-hybridized carbons (Fsp3) is 0.500. The number of benzene rings is 1. The lowest BCUT2D eigenvalue weighted by Gasteiger charge is -2.17. The first-order valence-corrected chi connectivity index (χ1v) is 6.91. The van der Waals surface area contributed by atoms with Crippen LogP contribution >= 0.6 is 0 Å². The summed E-state index contributed by atoms with van der Waals surface area (Å²) in [4.78, 5) is 24.3. The van der Waals surface area contributed by atoms with Crippen LogP contribution < -0.4 is 0 Å². The van der Waals surface area contributed by atoms with E-state index in [1.807, 2.05) is 31.2 Å². The molecule has 2 rings (SSSR count). The Morgan fingerprint density at radius 2 is 1.79 bits per heavy atom. The lowest BCUT2D eigenvalue weighted by molar-refractivity contribution is -0.148. The average Bonchev–Trinajstić information content (AvgIpc) is 2.88. The summed E-state index contributed by atoms with van der Waals surface area (Å²) in [5, 5.41) is 0. The molecule has 0 saturated heterocycles. The van der Waals surface area contributed by atoms with Crippen molar-refractivity contribution in [2.75, 3.05) is 6.61 Å². The molecule has 1 aromatic rings. The van der Waals surface area contributed by atoms with E-state index < -0.39 is 0 Å². The molecule has 0 bridgehead atoms. The van der Waals surface area contributed by atoms with Crippen LogP contribution in [0.25, 0.3) is 0 Å². The number of Topliss-reactive ketones (excluding diaryl/α,β-unsaturated/α-hetero) is 1. The number of ketones is 1. The zero-order valence-electron chi connectivity index (χ0n) is 11.5. The molecular formula is C16H20O3. The van der Waals surface area contributed by atoms with Crippen molar-refractivity contribution in [3.63, 3.8) is 0 Å². The predicted octanol–water partition coefficient (Wildman–Crippen LogP) is 3.16. The van der Waals surface area contributed by atoms with E-state index in [4.69, 9.17) is 4.74 Å². The molecule has 3 nitrogen and oxygen atoms in total. The molecule has 1 saturated carbocycles. The quantitative estimate of drug-likeness (QED) is 0.617. The number of aryl methyl sites for hydroxylation is 1. The molecule has 2 atom stereocenters. The third-order valence-electron chi connectivity index (χ3n) is 3.78. The summed E-state index contributed by atoms with van der Waals surface area (Å²) in [6.45, 7) is 4.16. The van der Waals surface area contributed by atoms with E-state index in [1.165, 1.54) is 0 Å². The van der Waals surface area contributed by atoms with E-state index in [2.05, 4.69) is 0 Å². The third kappa shape index (κ3) is 3.03. The highest BCUT2D eigenvalue weighted by Gasteiger charge is 2.38. The van der Waals surface area contributed by atoms with Crippen molar-refractivity contribution in [2.24, 2.45) is 11.8 Å². The molecule has 0 radical (unpaired) electrons. The molecule has 0 aliphatic heterocycles. The van der Waals surface area contributed by atoms with Gasteiger partial charge in [0.1, 0.15) is 0 Å². The zero-order chi connectivity index (χ0) is 13.8. The fourth-order valence-electron chi connectivity index (χ4n) is 2.74. The smallest absolute Gasteiger partial charge is 0.309 e. The molecule has 19 heavy (non-hydrogen) atoms. The van der Waals surface area contributed by atoms with Crippen LogP contribution in [-0.4, -0.2) is 18.4 Å². The molecule has 0 aromatic heterocycles. The van der Waals surface area contributed by atoms with Gasteiger partial charge in [-0.3, -0.25) is 9.59 Å². The lowest BCUT2D eigenvalue weighted by Crippen LogP contribution is -2.27. The number of hydrogen-bond donors (Lipinski definition) is 0. The maximum absolute atomic E-state index is 12.5. The van der Waals surface area contributed by atoms with Gasteiger partial charge in [-0.25, -0.2) is 0 Å². The highest BCUT2D eigenvalue weighted by molar-refractivity contribution is 6.00. The summed E-state index contributed by atoms with van der Waals surface area (Å²) in [7, 11) is 0. The Bertz CT molecular complexity index is 461. The van der Waals surface area contributed by atoms with Crippen LogP contribution in [0.2, 0.25) is 0 Å². The number of carbonyl (C=O) groups is 2. The molecule has 1 fully saturated rings. The van der Waals surface area contributed by atoms with Crippen molar-refractivity contribution in [1.29, 1.82) is 0 Å². The number of carbonyl (C=O) groups excluding carboxylic acids is 2. The van der Waals surface area contributed by atoms with Gasteiger partial charge in [0.2, 0.25) is 0 Å². The first-order chi connectivity index (χ1) is 9.13. The van der Waals surface area contributed by atoms with Crippen molar-refractivity contribution in [3.05, 3.63) is 35.4 Å². The number of esters is 1. The first-order valence-electron chi connectivity index (χ1n) is 6.91. The van der Waals surface area contributed by atoms with Crippen LogP contribution in [-0.2, 0) is 9.53 Å². The van der Waals surface area contributed by atoms with E-state index in [1.54, 1.807) is 6.92 Å². The van der Waals surface area contributed by atoms with E-state index in [-0.39, 0.29) is 23.6 Å². The maximum atomic E-state index is 12.5. The molecule has 0 amide bonds. The van der Waals surface area contributed by atoms with E-state index in [9.17, 15) is 9.59 Å². The van der Waals surface area contributed by atoms with Crippen molar-refractivity contribution in [3.8, 4) is 0 Å². The summed E-state index contributed by atoms with van der Waals surface area (Å²) in [6, 6.07) is 7.56. The normalized spacial score (nSPS) is 22.2. The molecule has 1 aliphatic rings. The minimum Gasteiger partial charge on any atom is -0.466 e. The molecule has 1 aromatic carbocycles. The van der Waals surface area contributed by atoms with Crippen molar-refractivity contribution >= 4 is 11.8 Å². The molecule has 0 spiro atoms. The second kappa shape index (κ2) is 6.00. The Morgan fingerprint density at radius 3 is 2.42 bits per heavy atom. The Balaban J connectivity index is 2.13. The molecular weight excluding hydrogens is 240 g/mol. The third-order valence-corrected chi connectivity index (χ3v) is 3.78. The Hall–Kier alpha value is -1.64. The second-order valence-corrected chi connectivity index (χ2v) is 5.13. The van der Waals surface area contributed by atoms with E-state index >= 15 is 0 Å². The Morgan fingerprint density at radius 1 is 1.16 bits per heavy atom. The summed E-state index contributed by atoms with van der Waals surface area (Å²) < 4.78 is 5.07. The van der Waals surface area contributed by atoms with Crippen LogP contribution in [0.4, 0.5) is 0 Å². The van der Waals surface area contributed by atoms with Gasteiger partial charge in [0.15, 0.2) is 5.78 Å². The highest BCUT2D eigenvalue weighted by atomic mass is 16.5. The molecule has 102 valence electrons. The minimum absolute atomic E-state index is 0.0792. The van der Waals surface area contributed by atoms with Gasteiger partial charge in [0, 0.05) is 11.5 Å². The first kappa shape index (κ1) is 13.8. The minimum atomic E-state index is -0.256. The van der Waals surface area contributed by atoms with Crippen LogP contribution in [0.1, 0.15) is 42.1 Å². The SMILES string of the molecule is CCOC(=O)[C@H]1CCC[C@@H]1C(=O)c1ccc(C)cc1. The molecule has 0 heterocycles. The Labute approximate surface area is 114 Å². The number of hydrogen-bond acceptors (Lipinski definition) is 3. The van der Waals surface area contributed by atoms with Gasteiger partial charge in [-0.2, -0.15) is 0 Å². The monoisotopic (exact) mass is 260 g/mol. The van der Waals surface area contributed by atoms with Gasteiger partial charge in [0.25, 0.3) is 0 Å². The van der Waals surface area contributed by atoms with Gasteiger partial charge < -0.3 is 4.74 Å². The summed E-state index contributed by atoms with van der Waals surface area (Å²) >= 11 is 0. The van der Waals surface area contributed by atoms with Gasteiger partial charge in [-0.15, -0.1) is 0 Å². The standard InChI is InChI=1S/C16H20O3/c1-3-19-16(18)14-6-4-5-13(14)15(17)12-9-7-11(2)8-10-12/h7-10,13-14H,3-6H2,1-2H3/t13-,14-/m0/s1. The van der Waals surface area contributed by atoms with Gasteiger partial charge in [-0.1, -0.05) is 36.2 Å². The highest BCUT2D eigenvalue weighted by Crippen LogP contribution is 2.35. The van der Waals surface area contributed by atoms with Crippen LogP contribution in [0.3, 0.4) is 0 Å². The lowest BCUT2D eigenvalue weighted by atomic mass is 9.88. The molecule has 0 unspecified atom stereocenters. The molecule has 0 N–H and O–H groups in total. The van der Waals surface area contributed by atoms with E-state index in [0.717, 1.165) is 24.8 Å². The van der Waals surface area contributed by atoms with Gasteiger partial charge in [0.05, 0.1) is 12.5 Å². The van der Waals surface area contributed by atoms with E-state index in [0.29, 0.717) is 12.2 Å². The zero-order valence-corrected chi connectivity index (χ0v) is 11.5. The van der Waals surface area contributed by atoms with Crippen LogP contribution in [0.15, 0.2) is 24.3 Å². The maximum Gasteiger partial charge on any atom is 0.309 e. The summed E-state index contributed by atoms with van der Waals surface area (Å²) in [6.07, 6.45) is 2.48. The predicted molar refractivity (Wildman–Crippen MR) is 73.0 cm³/mol. The topological polar surface area (TPSA) is 43.4 Å². The van der Waals surface area contributed by atoms with Crippen molar-refractivity contribution in [1.82, 2.24) is 0 Å². The van der Waals surface area contributed by atoms with Gasteiger partial charge in [-0.05, 0) is 26.7 Å².